The van der Waals surface area contributed by atoms with Gasteiger partial charge in [0, 0.05) is 25.8 Å². The fourth-order valence-corrected chi connectivity index (χ4v) is 2.09. The highest BCUT2D eigenvalue weighted by Gasteiger charge is 2.28. The first-order valence-electron chi connectivity index (χ1n) is 5.64. The van der Waals surface area contributed by atoms with Gasteiger partial charge < -0.3 is 15.4 Å². The first-order valence-corrected chi connectivity index (χ1v) is 5.64. The highest BCUT2D eigenvalue weighted by atomic mass is 16.5. The summed E-state index contributed by atoms with van der Waals surface area (Å²) in [7, 11) is 0. The van der Waals surface area contributed by atoms with Crippen molar-refractivity contribution in [2.45, 2.75) is 26.0 Å². The average Bonchev–Trinajstić information content (AvgIpc) is 2.27. The van der Waals surface area contributed by atoms with Crippen molar-refractivity contribution in [3.63, 3.8) is 0 Å². The molecular formula is C12H19N3O. The molecule has 2 rings (SSSR count). The smallest absolute Gasteiger partial charge is 0.0801 e. The van der Waals surface area contributed by atoms with E-state index in [0.717, 1.165) is 30.9 Å². The van der Waals surface area contributed by atoms with Gasteiger partial charge in [-0.1, -0.05) is 0 Å². The van der Waals surface area contributed by atoms with Crippen LogP contribution in [0.5, 0.6) is 0 Å². The lowest BCUT2D eigenvalue weighted by Gasteiger charge is -2.40. The lowest BCUT2D eigenvalue weighted by Crippen LogP contribution is -2.48. The molecule has 2 heterocycles. The van der Waals surface area contributed by atoms with Gasteiger partial charge in [0.15, 0.2) is 0 Å². The third-order valence-corrected chi connectivity index (χ3v) is 2.87. The van der Waals surface area contributed by atoms with Crippen molar-refractivity contribution in [3.8, 4) is 0 Å². The summed E-state index contributed by atoms with van der Waals surface area (Å²) in [5, 5.41) is 0. The molecule has 0 unspecified atom stereocenters. The zero-order valence-electron chi connectivity index (χ0n) is 9.94. The molecule has 1 aromatic heterocycles. The topological polar surface area (TPSA) is 51.4 Å². The van der Waals surface area contributed by atoms with Crippen LogP contribution in [0.4, 0.5) is 5.69 Å². The van der Waals surface area contributed by atoms with Gasteiger partial charge in [-0.2, -0.15) is 0 Å². The van der Waals surface area contributed by atoms with E-state index in [2.05, 4.69) is 23.7 Å². The van der Waals surface area contributed by atoms with Gasteiger partial charge in [-0.3, -0.25) is 4.98 Å². The molecule has 0 saturated carbocycles. The molecule has 88 valence electrons. The van der Waals surface area contributed by atoms with Crippen LogP contribution in [0.2, 0.25) is 0 Å². The number of pyridine rings is 1. The monoisotopic (exact) mass is 221 g/mol. The Morgan fingerprint density at radius 3 is 3.06 bits per heavy atom. The molecule has 1 aliphatic rings. The largest absolute Gasteiger partial charge is 0.372 e. The Bertz CT molecular complexity index is 365. The highest BCUT2D eigenvalue weighted by Crippen LogP contribution is 2.25. The molecular weight excluding hydrogens is 202 g/mol. The molecule has 2 N–H and O–H groups in total. The summed E-state index contributed by atoms with van der Waals surface area (Å²) >= 11 is 0. The van der Waals surface area contributed by atoms with Gasteiger partial charge >= 0.3 is 0 Å². The van der Waals surface area contributed by atoms with E-state index >= 15 is 0 Å². The van der Waals surface area contributed by atoms with Crippen LogP contribution in [0.3, 0.4) is 0 Å². The zero-order chi connectivity index (χ0) is 11.6. The Morgan fingerprint density at radius 2 is 2.38 bits per heavy atom. The van der Waals surface area contributed by atoms with Crippen LogP contribution in [0, 0.1) is 0 Å². The van der Waals surface area contributed by atoms with Gasteiger partial charge in [0.25, 0.3) is 0 Å². The molecule has 0 spiro atoms. The van der Waals surface area contributed by atoms with Crippen LogP contribution < -0.4 is 10.6 Å². The number of anilines is 1. The van der Waals surface area contributed by atoms with E-state index in [0.29, 0.717) is 6.54 Å². The van der Waals surface area contributed by atoms with Crippen molar-refractivity contribution >= 4 is 5.69 Å². The lowest BCUT2D eigenvalue weighted by molar-refractivity contribution is -0.0277. The Hall–Kier alpha value is -1.13. The predicted molar refractivity (Wildman–Crippen MR) is 64.4 cm³/mol. The molecule has 1 fully saturated rings. The second kappa shape index (κ2) is 4.39. The van der Waals surface area contributed by atoms with Crippen molar-refractivity contribution in [2.24, 2.45) is 5.73 Å². The third-order valence-electron chi connectivity index (χ3n) is 2.87. The Morgan fingerprint density at radius 1 is 1.56 bits per heavy atom. The molecule has 0 atom stereocenters. The van der Waals surface area contributed by atoms with Crippen molar-refractivity contribution in [3.05, 3.63) is 24.0 Å². The summed E-state index contributed by atoms with van der Waals surface area (Å²) < 4.78 is 5.70. The predicted octanol–water partition coefficient (Wildman–Crippen LogP) is 1.16. The minimum absolute atomic E-state index is 0.0973. The van der Waals surface area contributed by atoms with E-state index in [-0.39, 0.29) is 5.60 Å². The van der Waals surface area contributed by atoms with E-state index in [1.165, 1.54) is 0 Å². The minimum atomic E-state index is -0.0973. The molecule has 0 aliphatic carbocycles. The molecule has 0 amide bonds. The lowest BCUT2D eigenvalue weighted by atomic mass is 10.1. The van der Waals surface area contributed by atoms with Crippen LogP contribution in [0.15, 0.2) is 18.5 Å². The minimum Gasteiger partial charge on any atom is -0.372 e. The Balaban J connectivity index is 2.23. The standard InChI is InChI=1S/C12H19N3O/c1-12(2)9-15(5-6-16-12)11-8-14-4-3-10(11)7-13/h3-4,8H,5-7,9,13H2,1-2H3. The number of ether oxygens (including phenoxy) is 1. The molecule has 1 aliphatic heterocycles. The summed E-state index contributed by atoms with van der Waals surface area (Å²) in [6, 6.07) is 1.98. The Kier molecular flexibility index (Phi) is 3.12. The maximum absolute atomic E-state index is 5.74. The maximum Gasteiger partial charge on any atom is 0.0801 e. The second-order valence-electron chi connectivity index (χ2n) is 4.74. The number of nitrogens with two attached hydrogens (primary N) is 1. The fraction of sp³-hybridized carbons (Fsp3) is 0.583. The molecule has 4 heteroatoms. The first-order chi connectivity index (χ1) is 7.62. The first kappa shape index (κ1) is 11.4. The average molecular weight is 221 g/mol. The molecule has 4 nitrogen and oxygen atoms in total. The van der Waals surface area contributed by atoms with Gasteiger partial charge in [0.1, 0.15) is 0 Å². The number of hydrogen-bond donors (Lipinski definition) is 1. The second-order valence-corrected chi connectivity index (χ2v) is 4.74. The molecule has 0 aromatic carbocycles. The SMILES string of the molecule is CC1(C)CN(c2cnccc2CN)CCO1. The molecule has 0 bridgehead atoms. The summed E-state index contributed by atoms with van der Waals surface area (Å²) in [6.07, 6.45) is 3.68. The fourth-order valence-electron chi connectivity index (χ4n) is 2.09. The quantitative estimate of drug-likeness (QED) is 0.814. The highest BCUT2D eigenvalue weighted by molar-refractivity contribution is 5.52. The number of aromatic nitrogens is 1. The Labute approximate surface area is 96.4 Å². The van der Waals surface area contributed by atoms with Gasteiger partial charge in [-0.15, -0.1) is 0 Å². The summed E-state index contributed by atoms with van der Waals surface area (Å²) in [5.74, 6) is 0. The number of rotatable bonds is 2. The van der Waals surface area contributed by atoms with Gasteiger partial charge in [0.2, 0.25) is 0 Å². The van der Waals surface area contributed by atoms with Gasteiger partial charge in [-0.05, 0) is 25.5 Å². The molecule has 1 saturated heterocycles. The summed E-state index contributed by atoms with van der Waals surface area (Å²) in [6.45, 7) is 7.31. The van der Waals surface area contributed by atoms with E-state index in [4.69, 9.17) is 10.5 Å². The molecule has 1 aromatic rings. The molecule has 0 radical (unpaired) electrons. The van der Waals surface area contributed by atoms with E-state index < -0.39 is 0 Å². The summed E-state index contributed by atoms with van der Waals surface area (Å²) in [4.78, 5) is 6.48. The van der Waals surface area contributed by atoms with Crippen LogP contribution in [-0.2, 0) is 11.3 Å². The van der Waals surface area contributed by atoms with Crippen LogP contribution >= 0.6 is 0 Å². The van der Waals surface area contributed by atoms with Gasteiger partial charge in [-0.25, -0.2) is 0 Å². The van der Waals surface area contributed by atoms with Crippen molar-refractivity contribution < 1.29 is 4.74 Å². The normalized spacial score (nSPS) is 19.8. The van der Waals surface area contributed by atoms with Gasteiger partial charge in [0.05, 0.1) is 24.1 Å². The van der Waals surface area contributed by atoms with Crippen LogP contribution in [0.1, 0.15) is 19.4 Å². The van der Waals surface area contributed by atoms with Crippen molar-refractivity contribution in [1.82, 2.24) is 4.98 Å². The number of morpholine rings is 1. The van der Waals surface area contributed by atoms with E-state index in [1.807, 2.05) is 12.3 Å². The molecule has 16 heavy (non-hydrogen) atoms. The van der Waals surface area contributed by atoms with E-state index in [1.54, 1.807) is 6.20 Å². The zero-order valence-corrected chi connectivity index (χ0v) is 9.94. The maximum atomic E-state index is 5.74. The van der Waals surface area contributed by atoms with E-state index in [9.17, 15) is 0 Å². The van der Waals surface area contributed by atoms with Crippen molar-refractivity contribution in [2.75, 3.05) is 24.6 Å². The van der Waals surface area contributed by atoms with Crippen LogP contribution in [0.25, 0.3) is 0 Å². The number of hydrogen-bond acceptors (Lipinski definition) is 4. The summed E-state index contributed by atoms with van der Waals surface area (Å²) in [5.41, 5.74) is 7.93. The number of nitrogens with zero attached hydrogens (tertiary/aromatic N) is 2. The third kappa shape index (κ3) is 2.33. The van der Waals surface area contributed by atoms with Crippen molar-refractivity contribution in [1.29, 1.82) is 0 Å². The van der Waals surface area contributed by atoms with Crippen LogP contribution in [-0.4, -0.2) is 30.3 Å².